The molecular weight excluding hydrogens is 449 g/mol. The van der Waals surface area contributed by atoms with E-state index in [1.54, 1.807) is 0 Å². The molecule has 0 amide bonds. The second kappa shape index (κ2) is 10.3. The molecule has 7 heteroatoms. The fourth-order valence-corrected chi connectivity index (χ4v) is 5.43. The van der Waals surface area contributed by atoms with Crippen LogP contribution in [0.25, 0.3) is 0 Å². The van der Waals surface area contributed by atoms with Gasteiger partial charge in [-0.15, -0.1) is 24.0 Å². The number of nitrogens with one attached hydrogen (secondary N) is 2. The van der Waals surface area contributed by atoms with E-state index in [9.17, 15) is 8.42 Å². The van der Waals surface area contributed by atoms with Crippen LogP contribution in [0, 0.1) is 23.7 Å². The molecule has 2 fully saturated rings. The van der Waals surface area contributed by atoms with Crippen molar-refractivity contribution >= 4 is 39.8 Å². The summed E-state index contributed by atoms with van der Waals surface area (Å²) in [5.41, 5.74) is 0. The largest absolute Gasteiger partial charge is 0.356 e. The highest BCUT2D eigenvalue weighted by atomic mass is 127. The molecule has 25 heavy (non-hydrogen) atoms. The Morgan fingerprint density at radius 3 is 2.44 bits per heavy atom. The first-order valence-electron chi connectivity index (χ1n) is 9.50. The van der Waals surface area contributed by atoms with Gasteiger partial charge in [-0.25, -0.2) is 8.42 Å². The highest BCUT2D eigenvalue weighted by Crippen LogP contribution is 2.29. The first-order valence-corrected chi connectivity index (χ1v) is 11.3. The molecule has 148 valence electrons. The summed E-state index contributed by atoms with van der Waals surface area (Å²) in [4.78, 5) is 4.70. The Labute approximate surface area is 171 Å². The topological polar surface area (TPSA) is 70.6 Å². The number of aliphatic imine (C=N–C) groups is 1. The fourth-order valence-electron chi connectivity index (χ4n) is 3.57. The predicted molar refractivity (Wildman–Crippen MR) is 116 cm³/mol. The minimum absolute atomic E-state index is 0. The molecule has 1 saturated heterocycles. The lowest BCUT2D eigenvalue weighted by atomic mass is 9.79. The van der Waals surface area contributed by atoms with Gasteiger partial charge in [0.25, 0.3) is 0 Å². The summed E-state index contributed by atoms with van der Waals surface area (Å²) in [6.07, 6.45) is 4.40. The third-order valence-corrected chi connectivity index (χ3v) is 7.28. The van der Waals surface area contributed by atoms with Crippen molar-refractivity contribution in [1.29, 1.82) is 0 Å². The van der Waals surface area contributed by atoms with E-state index in [4.69, 9.17) is 4.99 Å². The summed E-state index contributed by atoms with van der Waals surface area (Å²) in [6.45, 7) is 10.5. The number of hydrogen-bond acceptors (Lipinski definition) is 3. The van der Waals surface area contributed by atoms with E-state index in [0.29, 0.717) is 30.0 Å². The molecule has 4 atom stereocenters. The van der Waals surface area contributed by atoms with Crippen molar-refractivity contribution < 1.29 is 8.42 Å². The quantitative estimate of drug-likeness (QED) is 0.357. The van der Waals surface area contributed by atoms with Crippen molar-refractivity contribution in [3.8, 4) is 0 Å². The molecule has 2 rings (SSSR count). The second-order valence-corrected chi connectivity index (χ2v) is 10.6. The van der Waals surface area contributed by atoms with Crippen LogP contribution in [-0.2, 0) is 9.84 Å². The van der Waals surface area contributed by atoms with Crippen LogP contribution in [0.15, 0.2) is 4.99 Å². The molecule has 1 aliphatic carbocycles. The summed E-state index contributed by atoms with van der Waals surface area (Å²) in [5.74, 6) is 3.78. The Balaban J connectivity index is 0.00000312. The molecule has 0 aromatic rings. The van der Waals surface area contributed by atoms with E-state index >= 15 is 0 Å². The maximum Gasteiger partial charge on any atom is 0.191 e. The second-order valence-electron chi connectivity index (χ2n) is 8.34. The maximum atomic E-state index is 11.6. The summed E-state index contributed by atoms with van der Waals surface area (Å²) < 4.78 is 23.2. The number of guanidine groups is 1. The lowest BCUT2D eigenvalue weighted by Crippen LogP contribution is -2.47. The molecule has 0 bridgehead atoms. The molecule has 5 nitrogen and oxygen atoms in total. The maximum absolute atomic E-state index is 11.6. The Kier molecular flexibility index (Phi) is 9.50. The first-order chi connectivity index (χ1) is 11.2. The molecule has 0 aromatic carbocycles. The van der Waals surface area contributed by atoms with Crippen molar-refractivity contribution in [2.24, 2.45) is 28.7 Å². The third kappa shape index (κ3) is 8.01. The number of hydrogen-bond donors (Lipinski definition) is 2. The highest BCUT2D eigenvalue weighted by molar-refractivity contribution is 14.0. The van der Waals surface area contributed by atoms with Crippen molar-refractivity contribution in [2.75, 3.05) is 24.6 Å². The van der Waals surface area contributed by atoms with E-state index < -0.39 is 9.84 Å². The van der Waals surface area contributed by atoms with Crippen LogP contribution in [0.5, 0.6) is 0 Å². The molecule has 1 heterocycles. The Hall–Kier alpha value is -0.0500. The highest BCUT2D eigenvalue weighted by Gasteiger charge is 2.28. The third-order valence-electron chi connectivity index (χ3n) is 5.44. The SMILES string of the molecule is CC(C)CN=C(NCC1CCS(=O)(=O)C1)NC1CCC(C)C(C)C1.I. The number of halogens is 1. The van der Waals surface area contributed by atoms with E-state index in [0.717, 1.165) is 30.8 Å². The minimum atomic E-state index is -2.81. The first kappa shape index (κ1) is 23.0. The lowest BCUT2D eigenvalue weighted by molar-refractivity contribution is 0.239. The zero-order chi connectivity index (χ0) is 17.7. The normalized spacial score (nSPS) is 32.3. The van der Waals surface area contributed by atoms with Gasteiger partial charge < -0.3 is 10.6 Å². The Morgan fingerprint density at radius 2 is 1.88 bits per heavy atom. The number of sulfone groups is 1. The van der Waals surface area contributed by atoms with Crippen LogP contribution < -0.4 is 10.6 Å². The van der Waals surface area contributed by atoms with E-state index in [-0.39, 0.29) is 29.9 Å². The van der Waals surface area contributed by atoms with Gasteiger partial charge in [0, 0.05) is 19.1 Å². The molecule has 1 aliphatic heterocycles. The van der Waals surface area contributed by atoms with E-state index in [2.05, 4.69) is 38.3 Å². The van der Waals surface area contributed by atoms with Crippen molar-refractivity contribution in [1.82, 2.24) is 10.6 Å². The van der Waals surface area contributed by atoms with Gasteiger partial charge in [-0.2, -0.15) is 0 Å². The molecule has 4 unspecified atom stereocenters. The Morgan fingerprint density at radius 1 is 1.16 bits per heavy atom. The average molecular weight is 485 g/mol. The van der Waals surface area contributed by atoms with Crippen LogP contribution in [0.1, 0.15) is 53.4 Å². The number of rotatable bonds is 5. The monoisotopic (exact) mass is 485 g/mol. The lowest BCUT2D eigenvalue weighted by Gasteiger charge is -2.33. The molecule has 0 radical (unpaired) electrons. The standard InChI is InChI=1S/C18H35N3O2S.HI/c1-13(2)10-19-18(20-11-16-7-8-24(22,23)12-16)21-17-6-5-14(3)15(4)9-17;/h13-17H,5-12H2,1-4H3,(H2,19,20,21);1H. The van der Waals surface area contributed by atoms with Crippen molar-refractivity contribution in [2.45, 2.75) is 59.4 Å². The van der Waals surface area contributed by atoms with Crippen molar-refractivity contribution in [3.05, 3.63) is 0 Å². The molecule has 2 aliphatic rings. The molecule has 2 N–H and O–H groups in total. The van der Waals surface area contributed by atoms with Gasteiger partial charge in [0.2, 0.25) is 0 Å². The van der Waals surface area contributed by atoms with Gasteiger partial charge in [-0.1, -0.05) is 27.7 Å². The van der Waals surface area contributed by atoms with Crippen LogP contribution in [0.3, 0.4) is 0 Å². The summed E-state index contributed by atoms with van der Waals surface area (Å²) in [6, 6.07) is 0.474. The van der Waals surface area contributed by atoms with Gasteiger partial charge in [0.05, 0.1) is 11.5 Å². The summed E-state index contributed by atoms with van der Waals surface area (Å²) in [7, 11) is -2.81. The van der Waals surface area contributed by atoms with Gasteiger partial charge in [0.1, 0.15) is 0 Å². The smallest absolute Gasteiger partial charge is 0.191 e. The van der Waals surface area contributed by atoms with Gasteiger partial charge in [-0.05, 0) is 49.4 Å². The summed E-state index contributed by atoms with van der Waals surface area (Å²) >= 11 is 0. The zero-order valence-electron chi connectivity index (χ0n) is 16.1. The van der Waals surface area contributed by atoms with Crippen LogP contribution in [-0.4, -0.2) is 45.0 Å². The average Bonchev–Trinajstić information content (AvgIpc) is 2.85. The molecule has 1 saturated carbocycles. The molecular formula is C18H36IN3O2S. The van der Waals surface area contributed by atoms with Crippen LogP contribution in [0.2, 0.25) is 0 Å². The van der Waals surface area contributed by atoms with Gasteiger partial charge in [-0.3, -0.25) is 4.99 Å². The predicted octanol–water partition coefficient (Wildman–Crippen LogP) is 3.06. The van der Waals surface area contributed by atoms with E-state index in [1.807, 2.05) is 0 Å². The Bertz CT molecular complexity index is 536. The fraction of sp³-hybridized carbons (Fsp3) is 0.944. The zero-order valence-corrected chi connectivity index (χ0v) is 19.3. The van der Waals surface area contributed by atoms with Crippen molar-refractivity contribution in [3.63, 3.8) is 0 Å². The number of nitrogens with zero attached hydrogens (tertiary/aromatic N) is 1. The summed E-state index contributed by atoms with van der Waals surface area (Å²) in [5, 5.41) is 7.00. The molecule has 0 spiro atoms. The van der Waals surface area contributed by atoms with E-state index in [1.165, 1.54) is 19.3 Å². The molecule has 0 aromatic heterocycles. The minimum Gasteiger partial charge on any atom is -0.356 e. The van der Waals surface area contributed by atoms with Gasteiger partial charge in [0.15, 0.2) is 15.8 Å². The van der Waals surface area contributed by atoms with Gasteiger partial charge >= 0.3 is 0 Å². The van der Waals surface area contributed by atoms with Crippen LogP contribution >= 0.6 is 24.0 Å². The van der Waals surface area contributed by atoms with Crippen LogP contribution in [0.4, 0.5) is 0 Å².